The second kappa shape index (κ2) is 10.5. The van der Waals surface area contributed by atoms with Gasteiger partial charge in [-0.2, -0.15) is 0 Å². The van der Waals surface area contributed by atoms with E-state index >= 15 is 0 Å². The predicted molar refractivity (Wildman–Crippen MR) is 166 cm³/mol. The minimum Gasteiger partial charge on any atom is -0.0623 e. The van der Waals surface area contributed by atoms with Gasteiger partial charge in [0, 0.05) is 0 Å². The molecule has 0 amide bonds. The van der Waals surface area contributed by atoms with Gasteiger partial charge in [-0.1, -0.05) is 169 Å². The van der Waals surface area contributed by atoms with Gasteiger partial charge >= 0.3 is 0 Å². The number of hydrogen-bond donors (Lipinski definition) is 0. The van der Waals surface area contributed by atoms with Crippen LogP contribution in [0.25, 0.3) is 22.3 Å². The van der Waals surface area contributed by atoms with Crippen LogP contribution in [0, 0.1) is 6.92 Å². The van der Waals surface area contributed by atoms with Crippen LogP contribution in [0.1, 0.15) is 5.56 Å². The molecule has 0 spiro atoms. The van der Waals surface area contributed by atoms with E-state index in [9.17, 15) is 0 Å². The van der Waals surface area contributed by atoms with Crippen molar-refractivity contribution in [1.29, 1.82) is 0 Å². The minimum atomic E-state index is -2.48. The zero-order valence-electron chi connectivity index (χ0n) is 21.6. The first-order chi connectivity index (χ1) is 18.7. The Labute approximate surface area is 226 Å². The maximum absolute atomic E-state index is 2.48. The quantitative estimate of drug-likeness (QED) is 0.175. The normalized spacial score (nSPS) is 11.3. The van der Waals surface area contributed by atoms with E-state index in [4.69, 9.17) is 0 Å². The molecule has 1 heteroatoms. The second-order valence-electron chi connectivity index (χ2n) is 9.87. The molecule has 0 saturated heterocycles. The molecule has 0 unspecified atom stereocenters. The van der Waals surface area contributed by atoms with Crippen LogP contribution in [-0.2, 0) is 0 Å². The Bertz CT molecular complexity index is 1510. The van der Waals surface area contributed by atoms with Gasteiger partial charge in [0.15, 0.2) is 8.07 Å². The van der Waals surface area contributed by atoms with Crippen molar-refractivity contribution in [3.05, 3.63) is 169 Å². The lowest BCUT2D eigenvalue weighted by molar-refractivity contribution is 1.47. The van der Waals surface area contributed by atoms with Crippen LogP contribution < -0.4 is 20.7 Å². The highest BCUT2D eigenvalue weighted by Crippen LogP contribution is 2.25. The van der Waals surface area contributed by atoms with Gasteiger partial charge in [-0.05, 0) is 49.9 Å². The summed E-state index contributed by atoms with van der Waals surface area (Å²) in [5.41, 5.74) is 6.25. The molecule has 0 heterocycles. The van der Waals surface area contributed by atoms with Crippen molar-refractivity contribution in [2.24, 2.45) is 0 Å². The fourth-order valence-corrected chi connectivity index (χ4v) is 10.3. The van der Waals surface area contributed by atoms with Crippen molar-refractivity contribution in [1.82, 2.24) is 0 Å². The molecule has 0 aliphatic rings. The summed E-state index contributed by atoms with van der Waals surface area (Å²) >= 11 is 0. The Balaban J connectivity index is 1.45. The molecule has 0 bridgehead atoms. The van der Waals surface area contributed by atoms with Crippen LogP contribution in [0.5, 0.6) is 0 Å². The molecule has 182 valence electrons. The molecule has 0 aliphatic heterocycles. The number of benzene rings is 6. The molecule has 0 aromatic heterocycles. The summed E-state index contributed by atoms with van der Waals surface area (Å²) in [4.78, 5) is 0. The molecule has 6 aromatic carbocycles. The number of aryl methyl sites for hydroxylation is 1. The van der Waals surface area contributed by atoms with E-state index in [0.29, 0.717) is 0 Å². The SMILES string of the molecule is Cc1ccc(-c2ccc(-c3ccc([Si](c4ccccc4)(c4ccccc4)c4ccccc4)cc3)cc2)cc1. The molecule has 6 rings (SSSR count). The van der Waals surface area contributed by atoms with E-state index in [1.807, 2.05) is 0 Å². The zero-order chi connectivity index (χ0) is 25.8. The van der Waals surface area contributed by atoms with Crippen LogP contribution in [0.15, 0.2) is 164 Å². The standard InChI is InChI=1S/C37H30Si/c1-29-17-19-30(20-18-29)31-21-23-32(24-22-31)33-25-27-37(28-26-33)38(34-11-5-2-6-12-34,35-13-7-3-8-14-35)36-15-9-4-10-16-36/h2-28H,1H3. The summed E-state index contributed by atoms with van der Waals surface area (Å²) in [6.45, 7) is 2.13. The molecule has 0 radical (unpaired) electrons. The van der Waals surface area contributed by atoms with Gasteiger partial charge in [0.25, 0.3) is 0 Å². The van der Waals surface area contributed by atoms with Crippen molar-refractivity contribution < 1.29 is 0 Å². The Morgan fingerprint density at radius 1 is 0.289 bits per heavy atom. The molecule has 0 fully saturated rings. The molecular formula is C37H30Si. The van der Waals surface area contributed by atoms with Crippen molar-refractivity contribution in [2.45, 2.75) is 6.92 Å². The van der Waals surface area contributed by atoms with Crippen molar-refractivity contribution in [3.8, 4) is 22.3 Å². The van der Waals surface area contributed by atoms with E-state index in [2.05, 4.69) is 171 Å². The monoisotopic (exact) mass is 502 g/mol. The van der Waals surface area contributed by atoms with Gasteiger partial charge in [-0.15, -0.1) is 0 Å². The topological polar surface area (TPSA) is 0 Å². The summed E-state index contributed by atoms with van der Waals surface area (Å²) in [7, 11) is -2.48. The van der Waals surface area contributed by atoms with Crippen molar-refractivity contribution in [3.63, 3.8) is 0 Å². The molecule has 38 heavy (non-hydrogen) atoms. The number of hydrogen-bond acceptors (Lipinski definition) is 0. The van der Waals surface area contributed by atoms with Gasteiger partial charge in [0.05, 0.1) is 0 Å². The molecule has 0 aliphatic carbocycles. The summed E-state index contributed by atoms with van der Waals surface area (Å²) in [6, 6.07) is 60.2. The first-order valence-corrected chi connectivity index (χ1v) is 15.2. The first-order valence-electron chi connectivity index (χ1n) is 13.2. The van der Waals surface area contributed by atoms with Gasteiger partial charge < -0.3 is 0 Å². The third-order valence-corrected chi connectivity index (χ3v) is 12.3. The van der Waals surface area contributed by atoms with E-state index < -0.39 is 8.07 Å². The largest absolute Gasteiger partial charge is 0.179 e. The molecule has 0 N–H and O–H groups in total. The molecule has 0 atom stereocenters. The molecule has 0 nitrogen and oxygen atoms in total. The highest BCUT2D eigenvalue weighted by Gasteiger charge is 2.41. The lowest BCUT2D eigenvalue weighted by Crippen LogP contribution is -2.74. The summed E-state index contributed by atoms with van der Waals surface area (Å²) in [5, 5.41) is 5.58. The highest BCUT2D eigenvalue weighted by atomic mass is 28.3. The molecule has 6 aromatic rings. The van der Waals surface area contributed by atoms with E-state index in [0.717, 1.165) is 0 Å². The molecule has 0 saturated carbocycles. The Hall–Kier alpha value is -4.46. The van der Waals surface area contributed by atoms with Crippen LogP contribution in [0.4, 0.5) is 0 Å². The van der Waals surface area contributed by atoms with Gasteiger partial charge in [0.2, 0.25) is 0 Å². The summed E-state index contributed by atoms with van der Waals surface area (Å²) in [5.74, 6) is 0. The minimum absolute atomic E-state index is 1.24. The Morgan fingerprint density at radius 2 is 0.553 bits per heavy atom. The second-order valence-corrected chi connectivity index (χ2v) is 13.7. The number of rotatable bonds is 6. The smallest absolute Gasteiger partial charge is 0.0623 e. The summed E-state index contributed by atoms with van der Waals surface area (Å²) in [6.07, 6.45) is 0. The van der Waals surface area contributed by atoms with Gasteiger partial charge in [0.1, 0.15) is 0 Å². The van der Waals surface area contributed by atoms with Crippen LogP contribution in [0.3, 0.4) is 0 Å². The fraction of sp³-hybridized carbons (Fsp3) is 0.0270. The first kappa shape index (κ1) is 23.9. The lowest BCUT2D eigenvalue weighted by Gasteiger charge is -2.34. The summed E-state index contributed by atoms with van der Waals surface area (Å²) < 4.78 is 0. The van der Waals surface area contributed by atoms with Gasteiger partial charge in [-0.3, -0.25) is 0 Å². The molecular weight excluding hydrogens is 472 g/mol. The average molecular weight is 503 g/mol. The zero-order valence-corrected chi connectivity index (χ0v) is 22.6. The third-order valence-electron chi connectivity index (χ3n) is 7.54. The Kier molecular flexibility index (Phi) is 6.60. The predicted octanol–water partition coefficient (Wildman–Crippen LogP) is 6.71. The maximum atomic E-state index is 2.36. The van der Waals surface area contributed by atoms with Crippen LogP contribution >= 0.6 is 0 Å². The average Bonchev–Trinajstić information content (AvgIpc) is 3.00. The highest BCUT2D eigenvalue weighted by molar-refractivity contribution is 7.19. The Morgan fingerprint density at radius 3 is 0.895 bits per heavy atom. The fourth-order valence-electron chi connectivity index (χ4n) is 5.58. The third kappa shape index (κ3) is 4.42. The lowest BCUT2D eigenvalue weighted by atomic mass is 10.00. The van der Waals surface area contributed by atoms with E-state index in [-0.39, 0.29) is 0 Å². The maximum Gasteiger partial charge on any atom is 0.179 e. The van der Waals surface area contributed by atoms with Crippen molar-refractivity contribution >= 4 is 28.8 Å². The van der Waals surface area contributed by atoms with Crippen LogP contribution in [0.2, 0.25) is 0 Å². The van der Waals surface area contributed by atoms with Gasteiger partial charge in [-0.25, -0.2) is 0 Å². The van der Waals surface area contributed by atoms with Crippen LogP contribution in [-0.4, -0.2) is 8.07 Å². The van der Waals surface area contributed by atoms with E-state index in [1.54, 1.807) is 0 Å². The van der Waals surface area contributed by atoms with Crippen molar-refractivity contribution in [2.75, 3.05) is 0 Å². The van der Waals surface area contributed by atoms with E-state index in [1.165, 1.54) is 48.6 Å².